The fourth-order valence-electron chi connectivity index (χ4n) is 18.1. The number of hydrogen-bond donors (Lipinski definition) is 19. The van der Waals surface area contributed by atoms with Crippen LogP contribution in [0.3, 0.4) is 0 Å². The van der Waals surface area contributed by atoms with Crippen LogP contribution >= 0.6 is 46.6 Å². The van der Waals surface area contributed by atoms with Gasteiger partial charge in [-0.25, -0.2) is 0 Å². The molecule has 22 N–H and O–H groups in total. The van der Waals surface area contributed by atoms with Crippen molar-refractivity contribution in [2.45, 2.75) is 232 Å². The van der Waals surface area contributed by atoms with Gasteiger partial charge < -0.3 is 138 Å². The molecule has 7 aromatic carbocycles. The molecule has 40 heteroatoms. The van der Waals surface area contributed by atoms with Crippen molar-refractivity contribution in [3.8, 4) is 56.8 Å². The minimum Gasteiger partial charge on any atom is -0.508 e. The number of carbonyl (C=O) groups is 9. The van der Waals surface area contributed by atoms with E-state index in [4.69, 9.17) is 89.9 Å². The third kappa shape index (κ3) is 21.7. The number of rotatable bonds is 24. The highest BCUT2D eigenvalue weighted by Crippen LogP contribution is 2.54. The quantitative estimate of drug-likeness (QED) is 0.0267. The van der Waals surface area contributed by atoms with E-state index < -0.39 is 268 Å². The standard InChI is InChI=1S/C94H108Cl3N9O27S/c1-7-45(25-41(2)108)86(119)105-76-62(110)29-52(32-69(99)112)87(120)103-74-51-30-66(128-64-21-16-49(78(76)114)27-60(64)96)82(133-91-83(80(116)79(115)68(39-107)130-91)132-72-37-93(6,85(118)43(4)127-72)102-38-44-9-11-46(12-10-44)47-13-18-53(95)19-14-47)67(31-51)129-65-22-17-50(28-61(65)97)81(131-71-36-92(5,100)84(117)42(3)126-71)77-89(122)104-75(90(123)134-40-70(113)101-24-8-23-98)57-33-54(109)34-59-73(57)56-26-48(15-20-58(56)94(59,124)125)55(35-63(74)111)88(121)106-77/h9-22,26-28,30-31,33-34,41-43,45,52,55,68,71-72,74-81,83-85,91,102,107-109,114-118,124-125H,7-8,23-25,29,32,35-40,98,100H2,1-6H3,(H2,99,112)(H,101,113)(H,103,120)(H,104,122)(H,105,119)(H,106,121)/t41?,42-,43-,45+,52-,55+,68+,71-,72-,74+,75-,76-,77-,78+,79+,80-,81+,83+,84-,85-,91-,92-,93-/m0/s1. The molecule has 0 radical (unpaired) electrons. The van der Waals surface area contributed by atoms with Gasteiger partial charge in [0.25, 0.3) is 0 Å². The molecule has 3 saturated heterocycles. The van der Waals surface area contributed by atoms with Crippen LogP contribution < -0.4 is 63.3 Å². The number of aliphatic hydroxyl groups is 9. The first-order valence-electron chi connectivity index (χ1n) is 43.9. The Morgan fingerprint density at radius 1 is 0.694 bits per heavy atom. The second-order valence-corrected chi connectivity index (χ2v) is 37.7. The number of ether oxygens (including phenoxy) is 8. The lowest BCUT2D eigenvalue weighted by atomic mass is 9.84. The van der Waals surface area contributed by atoms with Gasteiger partial charge in [0.1, 0.15) is 71.9 Å². The van der Waals surface area contributed by atoms with E-state index in [-0.39, 0.29) is 101 Å². The monoisotopic (exact) mass is 1930 g/mol. The molecule has 7 aromatic rings. The van der Waals surface area contributed by atoms with Gasteiger partial charge in [-0.05, 0) is 183 Å². The predicted molar refractivity (Wildman–Crippen MR) is 484 cm³/mol. The van der Waals surface area contributed by atoms with Crippen molar-refractivity contribution < 1.29 is 132 Å². The lowest BCUT2D eigenvalue weighted by molar-refractivity contribution is -0.334. The van der Waals surface area contributed by atoms with Crippen molar-refractivity contribution in [1.82, 2.24) is 31.9 Å². The van der Waals surface area contributed by atoms with E-state index in [1.807, 2.05) is 36.4 Å². The Morgan fingerprint density at radius 3 is 1.96 bits per heavy atom. The Balaban J connectivity index is 0.970. The average Bonchev–Trinajstić information content (AvgIpc) is 1.56. The Kier molecular flexibility index (Phi) is 31.0. The lowest BCUT2D eigenvalue weighted by Gasteiger charge is -2.48. The molecule has 23 atom stereocenters. The number of carbonyl (C=O) groups excluding carboxylic acids is 9. The molecule has 36 nitrogen and oxygen atoms in total. The van der Waals surface area contributed by atoms with Crippen molar-refractivity contribution in [1.29, 1.82) is 0 Å². The summed E-state index contributed by atoms with van der Waals surface area (Å²) in [5.41, 5.74) is 16.0. The molecule has 0 aromatic heterocycles. The van der Waals surface area contributed by atoms with Crippen LogP contribution in [0, 0.1) is 11.8 Å². The van der Waals surface area contributed by atoms with Crippen molar-refractivity contribution in [3.05, 3.63) is 187 Å². The Bertz CT molecular complexity index is 5610. The molecule has 1 aliphatic carbocycles. The summed E-state index contributed by atoms with van der Waals surface area (Å²) in [6.07, 6.45) is -25.8. The first-order valence-corrected chi connectivity index (χ1v) is 46.0. The summed E-state index contributed by atoms with van der Waals surface area (Å²) in [7, 11) is 0. The van der Waals surface area contributed by atoms with Gasteiger partial charge in [0.15, 0.2) is 41.7 Å². The zero-order valence-corrected chi connectivity index (χ0v) is 76.7. The molecule has 0 spiro atoms. The number of ketones is 2. The molecule has 3 fully saturated rings. The first-order chi connectivity index (χ1) is 63.5. The number of benzene rings is 7. The fourth-order valence-corrected chi connectivity index (χ4v) is 19.4. The number of phenolic OH excluding ortho intramolecular Hbond substituents is 1. The Labute approximate surface area is 788 Å². The summed E-state index contributed by atoms with van der Waals surface area (Å²) in [4.78, 5) is 138. The molecule has 8 aliphatic heterocycles. The van der Waals surface area contributed by atoms with Gasteiger partial charge in [-0.3, -0.25) is 43.2 Å². The van der Waals surface area contributed by atoms with Gasteiger partial charge in [0.05, 0.1) is 64.8 Å². The number of Topliss-reactive ketones (excluding diaryl/α,β-unsaturated/α-hetero) is 2. The SMILES string of the molecule is CC[C@H](CC(C)O)C(=O)N[C@H]1C(=O)C[C@@H](CC(N)=O)C(=O)N[C@H]2C(=O)C[C@H]3C(=O)N[C@H](C(=O)N[C@H](C(=O)SCC(=O)NCCCN)c4cc(O)cc5c4-c4cc3ccc4C5(O)O)[C@H](O[C@H]3C[C@](C)(N)[C@@H](O)[C@H](C)O3)c3ccc(c(Cl)c3)Oc3cc2cc(c3O[C@@H]2O[C@H](CO)[C@@H](O)[C@H](O)[C@H]2O[C@H]2C[C@](C)(NCc3ccc(-c4ccc(Cl)cc4)cc3)[C@@H](O)[C@H](C)O2)Oc2ccc(cc2Cl)[C@H]1O. The summed E-state index contributed by atoms with van der Waals surface area (Å²) in [5.74, 6) is -20.5. The number of hydrogen-bond acceptors (Lipinski definition) is 31. The van der Waals surface area contributed by atoms with E-state index in [9.17, 15) is 65.4 Å². The van der Waals surface area contributed by atoms with Crippen molar-refractivity contribution in [3.63, 3.8) is 0 Å². The molecule has 11 bridgehead atoms. The first kappa shape index (κ1) is 100. The van der Waals surface area contributed by atoms with Crippen LogP contribution in [0.15, 0.2) is 127 Å². The van der Waals surface area contributed by atoms with E-state index >= 15 is 28.8 Å². The second-order valence-electron chi connectivity index (χ2n) is 35.5. The van der Waals surface area contributed by atoms with Crippen molar-refractivity contribution >= 4 is 98.7 Å². The molecule has 16 rings (SSSR count). The zero-order chi connectivity index (χ0) is 96.6. The van der Waals surface area contributed by atoms with Crippen LogP contribution in [0.4, 0.5) is 0 Å². The Morgan fingerprint density at radius 2 is 1.33 bits per heavy atom. The maximum atomic E-state index is 16.9. The zero-order valence-electron chi connectivity index (χ0n) is 73.6. The van der Waals surface area contributed by atoms with E-state index in [1.165, 1.54) is 69.3 Å². The van der Waals surface area contributed by atoms with E-state index in [1.54, 1.807) is 32.9 Å². The Hall–Kier alpha value is -9.89. The molecular weight excluding hydrogens is 1830 g/mol. The molecule has 6 amide bonds. The summed E-state index contributed by atoms with van der Waals surface area (Å²) in [6, 6.07) is 21.9. The fraction of sp³-hybridized carbons (Fsp3) is 0.457. The van der Waals surface area contributed by atoms with Crippen LogP contribution in [0.2, 0.25) is 15.1 Å². The summed E-state index contributed by atoms with van der Waals surface area (Å²) in [5, 5.41) is 134. The largest absolute Gasteiger partial charge is 0.508 e. The van der Waals surface area contributed by atoms with E-state index in [0.717, 1.165) is 47.0 Å². The molecular formula is C94H108Cl3N9O27S. The number of halogens is 3. The van der Waals surface area contributed by atoms with Crippen molar-refractivity contribution in [2.24, 2.45) is 29.0 Å². The van der Waals surface area contributed by atoms with Gasteiger partial charge in [0, 0.05) is 78.3 Å². The normalized spacial score (nSPS) is 29.5. The number of thioether (sulfide) groups is 1. The molecule has 134 heavy (non-hydrogen) atoms. The maximum absolute atomic E-state index is 16.9. The smallest absolute Gasteiger partial charge is 0.246 e. The number of primary amides is 1. The minimum absolute atomic E-state index is 0.113. The maximum Gasteiger partial charge on any atom is 0.246 e. The van der Waals surface area contributed by atoms with Gasteiger partial charge in [0.2, 0.25) is 58.4 Å². The van der Waals surface area contributed by atoms with E-state index in [2.05, 4.69) is 31.9 Å². The van der Waals surface area contributed by atoms with Crippen LogP contribution in [-0.2, 0) is 79.2 Å². The van der Waals surface area contributed by atoms with Gasteiger partial charge in [-0.15, -0.1) is 0 Å². The highest BCUT2D eigenvalue weighted by atomic mass is 35.5. The number of nitrogens with two attached hydrogens (primary N) is 3. The average molecular weight is 1930 g/mol. The second kappa shape index (κ2) is 41.6. The number of phenols is 1. The molecule has 0 saturated carbocycles. The molecule has 9 aliphatic rings. The lowest BCUT2D eigenvalue weighted by Crippen LogP contribution is -2.65. The van der Waals surface area contributed by atoms with Gasteiger partial charge in [-0.2, -0.15) is 0 Å². The number of aromatic hydroxyl groups is 1. The highest BCUT2D eigenvalue weighted by Gasteiger charge is 2.54. The topological polar surface area (TPSA) is 580 Å². The third-order valence-electron chi connectivity index (χ3n) is 25.5. The number of aliphatic hydroxyl groups excluding tert-OH is 7. The molecule has 718 valence electrons. The van der Waals surface area contributed by atoms with Gasteiger partial charge >= 0.3 is 0 Å². The predicted octanol–water partition coefficient (Wildman–Crippen LogP) is 5.36. The third-order valence-corrected chi connectivity index (χ3v) is 27.2. The van der Waals surface area contributed by atoms with Crippen LogP contribution in [0.1, 0.15) is 168 Å². The summed E-state index contributed by atoms with van der Waals surface area (Å²) < 4.78 is 53.5. The highest BCUT2D eigenvalue weighted by molar-refractivity contribution is 8.14. The van der Waals surface area contributed by atoms with Gasteiger partial charge in [-0.1, -0.05) is 114 Å². The summed E-state index contributed by atoms with van der Waals surface area (Å²) in [6.45, 7) is 8.87. The summed E-state index contributed by atoms with van der Waals surface area (Å²) >= 11 is 21.4. The van der Waals surface area contributed by atoms with Crippen LogP contribution in [-0.4, -0.2) is 226 Å². The molecule has 1 unspecified atom stereocenters. The number of fused-ring (bicyclic) bond motifs is 12. The van der Waals surface area contributed by atoms with Crippen LogP contribution in [0.5, 0.6) is 34.5 Å². The minimum atomic E-state index is -3.06. The van der Waals surface area contributed by atoms with E-state index in [0.29, 0.717) is 23.2 Å². The van der Waals surface area contributed by atoms with Crippen LogP contribution in [0.25, 0.3) is 22.3 Å². The van der Waals surface area contributed by atoms with Crippen molar-refractivity contribution in [2.75, 3.05) is 25.4 Å². The number of amides is 6. The molecule has 8 heterocycles. The number of nitrogens with one attached hydrogen (secondary N) is 6.